The third kappa shape index (κ3) is 3.39. The second-order valence-electron chi connectivity index (χ2n) is 2.58. The maximum atomic E-state index is 11.3. The summed E-state index contributed by atoms with van der Waals surface area (Å²) >= 11 is 6.24. The fraction of sp³-hybridized carbons (Fsp3) is 0.333. The summed E-state index contributed by atoms with van der Waals surface area (Å²) in [6.45, 7) is 0. The van der Waals surface area contributed by atoms with Gasteiger partial charge < -0.3 is 5.32 Å². The number of hydrogen-bond donors (Lipinski definition) is 1. The minimum Gasteiger partial charge on any atom is -0.322 e. The van der Waals surface area contributed by atoms with Crippen molar-refractivity contribution in [3.05, 3.63) is 12.3 Å². The van der Waals surface area contributed by atoms with Crippen LogP contribution in [-0.4, -0.2) is 28.7 Å². The van der Waals surface area contributed by atoms with Gasteiger partial charge in [0, 0.05) is 11.1 Å². The molecule has 1 heterocycles. The van der Waals surface area contributed by atoms with Crippen molar-refractivity contribution in [2.24, 2.45) is 0 Å². The minimum absolute atomic E-state index is 0.0615. The molecule has 0 aliphatic heterocycles. The Morgan fingerprint density at radius 1 is 1.53 bits per heavy atom. The lowest BCUT2D eigenvalue weighted by Gasteiger charge is -2.11. The van der Waals surface area contributed by atoms with Crippen LogP contribution in [-0.2, 0) is 4.79 Å². The quantitative estimate of drug-likeness (QED) is 0.686. The molecule has 82 valence electrons. The number of pyridine rings is 1. The van der Waals surface area contributed by atoms with Gasteiger partial charge in [-0.05, 0) is 18.6 Å². The van der Waals surface area contributed by atoms with Crippen molar-refractivity contribution in [1.29, 1.82) is 0 Å². The molecule has 0 aromatic carbocycles. The predicted molar refractivity (Wildman–Crippen MR) is 70.2 cm³/mol. The summed E-state index contributed by atoms with van der Waals surface area (Å²) in [6.07, 6.45) is 5.67. The fourth-order valence-corrected chi connectivity index (χ4v) is 2.32. The molecule has 15 heavy (non-hydrogen) atoms. The molecule has 0 saturated heterocycles. The zero-order chi connectivity index (χ0) is 11.3. The molecule has 0 atom stereocenters. The molecular weight excluding hydrogens is 296 g/mol. The molecule has 1 aromatic heterocycles. The van der Waals surface area contributed by atoms with Gasteiger partial charge in [0.2, 0.25) is 5.91 Å². The van der Waals surface area contributed by atoms with Gasteiger partial charge in [0.05, 0.1) is 11.0 Å². The van der Waals surface area contributed by atoms with Gasteiger partial charge in [0.25, 0.3) is 0 Å². The average Bonchev–Trinajstić information content (AvgIpc) is 2.29. The van der Waals surface area contributed by atoms with E-state index in [9.17, 15) is 4.79 Å². The van der Waals surface area contributed by atoms with E-state index in [0.717, 1.165) is 15.6 Å². The van der Waals surface area contributed by atoms with E-state index >= 15 is 0 Å². The molecule has 1 amide bonds. The first-order valence-corrected chi connectivity index (χ1v) is 7.72. The highest BCUT2D eigenvalue weighted by molar-refractivity contribution is 9.09. The van der Waals surface area contributed by atoms with Gasteiger partial charge in [-0.15, -0.1) is 23.5 Å². The van der Waals surface area contributed by atoms with Crippen molar-refractivity contribution in [2.45, 2.75) is 9.92 Å². The highest BCUT2D eigenvalue weighted by atomic mass is 79.9. The normalized spacial score (nSPS) is 10.1. The largest absolute Gasteiger partial charge is 0.322 e. The molecule has 1 rings (SSSR count). The number of nitrogens with one attached hydrogen (secondary N) is 1. The predicted octanol–water partition coefficient (Wildman–Crippen LogP) is 2.86. The van der Waals surface area contributed by atoms with Gasteiger partial charge in [-0.1, -0.05) is 15.9 Å². The number of aromatic nitrogens is 1. The van der Waals surface area contributed by atoms with Crippen molar-refractivity contribution in [3.63, 3.8) is 0 Å². The van der Waals surface area contributed by atoms with Crippen LogP contribution < -0.4 is 5.32 Å². The second-order valence-corrected chi connectivity index (χ2v) is 4.78. The zero-order valence-electron chi connectivity index (χ0n) is 8.41. The van der Waals surface area contributed by atoms with Gasteiger partial charge in [-0.25, -0.2) is 4.98 Å². The number of rotatable bonds is 4. The number of halogens is 1. The number of carbonyl (C=O) groups excluding carboxylic acids is 1. The lowest BCUT2D eigenvalue weighted by atomic mass is 10.4. The number of nitrogens with zero attached hydrogens (tertiary/aromatic N) is 1. The van der Waals surface area contributed by atoms with Crippen LogP contribution in [0.3, 0.4) is 0 Å². The van der Waals surface area contributed by atoms with Crippen LogP contribution in [0.5, 0.6) is 0 Å². The molecule has 3 nitrogen and oxygen atoms in total. The summed E-state index contributed by atoms with van der Waals surface area (Å²) in [5.41, 5.74) is 0.807. The Labute approximate surface area is 106 Å². The molecule has 0 bridgehead atoms. The van der Waals surface area contributed by atoms with E-state index in [-0.39, 0.29) is 5.91 Å². The van der Waals surface area contributed by atoms with Crippen molar-refractivity contribution >= 4 is 51.0 Å². The van der Waals surface area contributed by atoms with Crippen molar-refractivity contribution < 1.29 is 4.79 Å². The third-order valence-corrected chi connectivity index (χ3v) is 3.66. The molecule has 0 aliphatic rings. The molecule has 0 spiro atoms. The highest BCUT2D eigenvalue weighted by Gasteiger charge is 2.10. The first-order valence-electron chi connectivity index (χ1n) is 4.15. The van der Waals surface area contributed by atoms with E-state index in [1.807, 2.05) is 18.6 Å². The van der Waals surface area contributed by atoms with Crippen LogP contribution in [0.15, 0.2) is 22.2 Å². The number of anilines is 1. The summed E-state index contributed by atoms with van der Waals surface area (Å²) < 4.78 is 0. The topological polar surface area (TPSA) is 42.0 Å². The van der Waals surface area contributed by atoms with Gasteiger partial charge in [0.15, 0.2) is 0 Å². The smallest absolute Gasteiger partial charge is 0.235 e. The molecule has 0 radical (unpaired) electrons. The molecular formula is C9H11BrN2OS2. The average molecular weight is 307 g/mol. The third-order valence-electron chi connectivity index (χ3n) is 1.68. The summed E-state index contributed by atoms with van der Waals surface area (Å²) in [5.74, 6) is -0.0615. The van der Waals surface area contributed by atoms with Crippen LogP contribution in [0, 0.1) is 0 Å². The Hall–Kier alpha value is -0.200. The van der Waals surface area contributed by atoms with Crippen molar-refractivity contribution in [2.75, 3.05) is 23.2 Å². The zero-order valence-corrected chi connectivity index (χ0v) is 11.6. The van der Waals surface area contributed by atoms with E-state index in [1.165, 1.54) is 11.8 Å². The summed E-state index contributed by atoms with van der Waals surface area (Å²) in [6, 6.07) is 1.90. The number of hydrogen-bond acceptors (Lipinski definition) is 4. The summed E-state index contributed by atoms with van der Waals surface area (Å²) in [5, 5.41) is 3.98. The van der Waals surface area contributed by atoms with Crippen LogP contribution in [0.25, 0.3) is 0 Å². The molecule has 1 aromatic rings. The van der Waals surface area contributed by atoms with E-state index in [4.69, 9.17) is 0 Å². The van der Waals surface area contributed by atoms with Crippen LogP contribution in [0.1, 0.15) is 0 Å². The van der Waals surface area contributed by atoms with Gasteiger partial charge >= 0.3 is 0 Å². The second kappa shape index (κ2) is 6.40. The number of carbonyl (C=O) groups is 1. The first-order chi connectivity index (χ1) is 7.22. The minimum atomic E-state index is -0.0615. The molecule has 0 saturated carbocycles. The van der Waals surface area contributed by atoms with E-state index in [0.29, 0.717) is 5.33 Å². The molecule has 6 heteroatoms. The van der Waals surface area contributed by atoms with Crippen LogP contribution in [0.4, 0.5) is 5.69 Å². The fourth-order valence-electron chi connectivity index (χ4n) is 1.04. The Kier molecular flexibility index (Phi) is 5.49. The Balaban J connectivity index is 3.05. The Morgan fingerprint density at radius 3 is 2.80 bits per heavy atom. The maximum absolute atomic E-state index is 11.3. The van der Waals surface area contributed by atoms with Crippen molar-refractivity contribution in [1.82, 2.24) is 4.98 Å². The number of thioether (sulfide) groups is 2. The van der Waals surface area contributed by atoms with Gasteiger partial charge in [0.1, 0.15) is 5.03 Å². The molecule has 0 unspecified atom stereocenters. The number of alkyl halides is 1. The van der Waals surface area contributed by atoms with E-state index < -0.39 is 0 Å². The first kappa shape index (κ1) is 12.9. The molecule has 0 fully saturated rings. The molecule has 1 N–H and O–H groups in total. The van der Waals surface area contributed by atoms with Gasteiger partial charge in [-0.3, -0.25) is 4.79 Å². The number of amides is 1. The van der Waals surface area contributed by atoms with Gasteiger partial charge in [-0.2, -0.15) is 0 Å². The lowest BCUT2D eigenvalue weighted by molar-refractivity contribution is -0.113. The standard InChI is InChI=1S/C9H11BrN2OS2/c1-14-6-3-4-11-9(15-2)8(6)12-7(13)5-10/h3-4H,5H2,1-2H3,(H,12,13). The summed E-state index contributed by atoms with van der Waals surface area (Å²) in [7, 11) is 0. The van der Waals surface area contributed by atoms with Crippen molar-refractivity contribution in [3.8, 4) is 0 Å². The van der Waals surface area contributed by atoms with Crippen LogP contribution >= 0.6 is 39.5 Å². The van der Waals surface area contributed by atoms with E-state index in [2.05, 4.69) is 26.2 Å². The Morgan fingerprint density at radius 2 is 2.27 bits per heavy atom. The molecule has 0 aliphatic carbocycles. The maximum Gasteiger partial charge on any atom is 0.235 e. The lowest BCUT2D eigenvalue weighted by Crippen LogP contribution is -2.14. The SMILES string of the molecule is CSc1ccnc(SC)c1NC(=O)CBr. The monoisotopic (exact) mass is 306 g/mol. The summed E-state index contributed by atoms with van der Waals surface area (Å²) in [4.78, 5) is 16.6. The van der Waals surface area contributed by atoms with Crippen LogP contribution in [0.2, 0.25) is 0 Å². The highest BCUT2D eigenvalue weighted by Crippen LogP contribution is 2.32. The Bertz CT molecular complexity index is 338. The van der Waals surface area contributed by atoms with E-state index in [1.54, 1.807) is 18.0 Å².